The fourth-order valence-electron chi connectivity index (χ4n) is 13.8. The molecule has 0 radical (unpaired) electrons. The molecule has 714 valence electrons. The molecule has 0 saturated carbocycles. The molecule has 3 N–H and O–H groups in total. The maximum atomic E-state index is 13.1. The normalized spacial score (nSPS) is 11.3. The van der Waals surface area contributed by atoms with Crippen molar-refractivity contribution in [3.63, 3.8) is 0 Å². The third kappa shape index (κ3) is 25.7. The van der Waals surface area contributed by atoms with Gasteiger partial charge >= 0.3 is 18.5 Å². The highest BCUT2D eigenvalue weighted by atomic mass is 35.5. The lowest BCUT2D eigenvalue weighted by molar-refractivity contribution is -0.143. The van der Waals surface area contributed by atoms with Gasteiger partial charge in [-0.15, -0.1) is 0 Å². The Labute approximate surface area is 783 Å². The van der Waals surface area contributed by atoms with Gasteiger partial charge in [-0.1, -0.05) is 111 Å². The number of methoxy groups -OCH3 is 2. The summed E-state index contributed by atoms with van der Waals surface area (Å²) < 4.78 is 189. The van der Waals surface area contributed by atoms with Crippen LogP contribution in [-0.2, 0) is 66.4 Å². The minimum atomic E-state index is -4.70. The van der Waals surface area contributed by atoms with Gasteiger partial charge in [0.1, 0.15) is 86.3 Å². The lowest BCUT2D eigenvalue weighted by Crippen LogP contribution is -2.19. The number of pyridine rings is 6. The number of halogens is 12. The Bertz CT molecular complexity index is 6680. The Balaban J connectivity index is 0.000000165. The number of aromatic hydroxyl groups is 3. The molecule has 12 heterocycles. The molecule has 3 aromatic carbocycles. The third-order valence-corrected chi connectivity index (χ3v) is 20.3. The lowest BCUT2D eigenvalue weighted by Gasteiger charge is -2.15. The molecule has 0 aliphatic heterocycles. The second-order valence-electron chi connectivity index (χ2n) is 29.9. The Morgan fingerprint density at radius 3 is 1.28 bits per heavy atom. The van der Waals surface area contributed by atoms with Crippen molar-refractivity contribution in [2.24, 2.45) is 14.1 Å². The Hall–Kier alpha value is -16.0. The number of hydrogen-bond acceptors (Lipinski definition) is 22. The summed E-state index contributed by atoms with van der Waals surface area (Å²) >= 11 is 5.95. The number of phenols is 3. The summed E-state index contributed by atoms with van der Waals surface area (Å²) in [6.45, 7) is 24.3. The van der Waals surface area contributed by atoms with Crippen LogP contribution < -0.4 is 33.2 Å². The molecule has 28 nitrogen and oxygen atoms in total. The molecule has 0 fully saturated rings. The van der Waals surface area contributed by atoms with Crippen molar-refractivity contribution >= 4 is 42.0 Å². The molecular formula is C97H92ClF11N18O10. The minimum absolute atomic E-state index is 0.0385. The molecular weight excluding hydrogens is 1820 g/mol. The number of aromatic nitrogens is 18. The van der Waals surface area contributed by atoms with Gasteiger partial charge in [0.2, 0.25) is 23.5 Å². The maximum absolute atomic E-state index is 13.1. The van der Waals surface area contributed by atoms with Gasteiger partial charge in [0.15, 0.2) is 5.69 Å². The zero-order chi connectivity index (χ0) is 99.0. The quantitative estimate of drug-likeness (QED) is 0.0330. The molecule has 0 amide bonds. The van der Waals surface area contributed by atoms with Crippen molar-refractivity contribution in [1.82, 2.24) is 88.6 Å². The van der Waals surface area contributed by atoms with E-state index in [4.69, 9.17) is 44.8 Å². The largest absolute Gasteiger partial charge is 0.508 e. The van der Waals surface area contributed by atoms with Gasteiger partial charge in [-0.3, -0.25) is 43.6 Å². The molecule has 0 saturated heterocycles. The predicted molar refractivity (Wildman–Crippen MR) is 493 cm³/mol. The van der Waals surface area contributed by atoms with Gasteiger partial charge in [-0.25, -0.2) is 18.1 Å². The lowest BCUT2D eigenvalue weighted by atomic mass is 10.1. The molecule has 0 aliphatic carbocycles. The average molecular weight is 1910 g/mol. The molecule has 12 aromatic heterocycles. The fraction of sp³-hybridized carbons (Fsp3) is 0.216. The first kappa shape index (κ1) is 102. The molecule has 0 atom stereocenters. The van der Waals surface area contributed by atoms with Gasteiger partial charge in [0, 0.05) is 127 Å². The van der Waals surface area contributed by atoms with Crippen LogP contribution in [0.5, 0.6) is 58.0 Å². The van der Waals surface area contributed by atoms with Gasteiger partial charge < -0.3 is 48.5 Å². The van der Waals surface area contributed by atoms with E-state index in [2.05, 4.69) is 121 Å². The van der Waals surface area contributed by atoms with Gasteiger partial charge in [-0.05, 0) is 125 Å². The zero-order valence-electron chi connectivity index (χ0n) is 74.9. The van der Waals surface area contributed by atoms with E-state index in [1.165, 1.54) is 69.2 Å². The number of nitrogens with zero attached hydrogens (tertiary/aromatic N) is 18. The standard InChI is InChI=1S/C21H20N2O4.C20H20ClN3O2.C20H21N3O2.C18H15F6N5O.C18H16F5N5O/c1-4-15-17(24)8-5-9-18(15)27-13-14-7-6-12-22-20(14)16-10-11-19(25-2)23-21(16)26-3;1-4-15-18(8-7-16(21)20(15)25)26-12-14-6-5-10-22-19(14)17-9-11-23-24(17)13(2)3;1-4-15-7-8-17(24)12-19(15)25-13-16-6-5-10-21-20(16)18-9-11-22-23(18)14(2)3;1-3-12-15(18(22,23)24)27-28(2)16(12)30-9-11-5-4-7-25-14(11)13-6-8-26-29(13)10-17(19,20)21;1-3-12-15(16(19)20)26-27(2)17(12)29-9-11-5-4-7-24-14(11)13-6-8-25-28(13)10-18(21,22)23/h4-12,24H,1,13H2,2-3H3;4-11,13,25H,1,12H2,2-3H3;4-12,14,24H,1,13H2,2-3H3;3-8H,1,9-10H2,2H3;3-8,16H,1,9-10H2,2H3. The molecule has 137 heavy (non-hydrogen) atoms. The van der Waals surface area contributed by atoms with E-state index in [1.54, 1.807) is 130 Å². The Morgan fingerprint density at radius 2 is 0.847 bits per heavy atom. The number of ether oxygens (including phenoxy) is 7. The molecule has 0 spiro atoms. The number of rotatable bonds is 32. The summed E-state index contributed by atoms with van der Waals surface area (Å²) in [6.07, 6.45) is 4.53. The molecule has 0 aliphatic rings. The van der Waals surface area contributed by atoms with Crippen LogP contribution in [-0.4, -0.2) is 130 Å². The zero-order valence-corrected chi connectivity index (χ0v) is 75.7. The van der Waals surface area contributed by atoms with E-state index < -0.39 is 49.4 Å². The van der Waals surface area contributed by atoms with Crippen molar-refractivity contribution in [1.29, 1.82) is 0 Å². The smallest absolute Gasteiger partial charge is 0.435 e. The van der Waals surface area contributed by atoms with Crippen molar-refractivity contribution in [3.8, 4) is 115 Å². The first-order chi connectivity index (χ1) is 65.5. The Kier molecular flexibility index (Phi) is 34.2. The van der Waals surface area contributed by atoms with Gasteiger partial charge in [0.25, 0.3) is 6.43 Å². The summed E-state index contributed by atoms with van der Waals surface area (Å²) in [4.78, 5) is 26.1. The molecule has 0 bridgehead atoms. The van der Waals surface area contributed by atoms with E-state index in [0.717, 1.165) is 75.4 Å². The van der Waals surface area contributed by atoms with Crippen LogP contribution in [0.2, 0.25) is 5.02 Å². The topological polar surface area (TPSA) is 310 Å². The van der Waals surface area contributed by atoms with E-state index >= 15 is 0 Å². The molecule has 15 aromatic rings. The van der Waals surface area contributed by atoms with Crippen LogP contribution in [0.3, 0.4) is 0 Å². The third-order valence-electron chi connectivity index (χ3n) is 20.0. The van der Waals surface area contributed by atoms with Crippen molar-refractivity contribution < 1.29 is 96.8 Å². The van der Waals surface area contributed by atoms with Crippen LogP contribution in [0.4, 0.5) is 48.3 Å². The first-order valence-corrected chi connectivity index (χ1v) is 41.9. The highest BCUT2D eigenvalue weighted by Gasteiger charge is 2.39. The first-order valence-electron chi connectivity index (χ1n) is 41.5. The van der Waals surface area contributed by atoms with Crippen LogP contribution in [0.15, 0.2) is 234 Å². The van der Waals surface area contributed by atoms with E-state index in [9.17, 15) is 63.6 Å². The minimum Gasteiger partial charge on any atom is -0.508 e. The summed E-state index contributed by atoms with van der Waals surface area (Å²) in [5.41, 5.74) is 9.09. The number of hydrogen-bond donors (Lipinski definition) is 3. The van der Waals surface area contributed by atoms with Gasteiger partial charge in [-0.2, -0.15) is 75.1 Å². The van der Waals surface area contributed by atoms with E-state index in [-0.39, 0.29) is 106 Å². The maximum Gasteiger partial charge on any atom is 0.435 e. The summed E-state index contributed by atoms with van der Waals surface area (Å²) in [7, 11) is 5.82. The van der Waals surface area contributed by atoms with E-state index in [1.807, 2.05) is 64.0 Å². The number of phenolic OH excluding ortho intramolecular Hbond substituents is 3. The van der Waals surface area contributed by atoms with Crippen LogP contribution in [0.25, 0.3) is 87.2 Å². The molecule has 40 heteroatoms. The monoisotopic (exact) mass is 1910 g/mol. The van der Waals surface area contributed by atoms with Crippen molar-refractivity contribution in [3.05, 3.63) is 306 Å². The highest BCUT2D eigenvalue weighted by molar-refractivity contribution is 6.32. The van der Waals surface area contributed by atoms with Crippen molar-refractivity contribution in [2.75, 3.05) is 14.2 Å². The second-order valence-corrected chi connectivity index (χ2v) is 30.3. The number of aryl methyl sites for hydroxylation is 2. The SMILES string of the molecule is C=Cc1c(C(F)(F)F)nn(C)c1OCc1cccnc1-c1ccnn1CC(F)(F)F.C=Cc1c(C(F)F)nn(C)c1OCc1cccnc1-c1ccnn1CC(F)(F)F.C=Cc1c(O)cccc1OCc1cccnc1-c1ccc(OC)nc1OC.C=Cc1c(OCc2cccnc2-c2ccnn2C(C)C)ccc(Cl)c1O.C=Cc1ccc(O)cc1OCc1cccnc1-c1ccnn1C(C)C. The van der Waals surface area contributed by atoms with Crippen LogP contribution in [0, 0.1) is 0 Å². The summed E-state index contributed by atoms with van der Waals surface area (Å²) in [5.74, 6) is 2.63. The molecule has 15 rings (SSSR count). The number of benzene rings is 3. The predicted octanol–water partition coefficient (Wildman–Crippen LogP) is 22.5. The molecule has 0 unspecified atom stereocenters. The van der Waals surface area contributed by atoms with E-state index in [0.29, 0.717) is 63.6 Å². The van der Waals surface area contributed by atoms with Gasteiger partial charge in [0.05, 0.1) is 98.3 Å². The average Bonchev–Trinajstić information content (AvgIpc) is 1.42. The summed E-state index contributed by atoms with van der Waals surface area (Å²) in [5, 5.41) is 53.3. The number of alkyl halides is 11. The van der Waals surface area contributed by atoms with Crippen LogP contribution >= 0.6 is 11.6 Å². The second kappa shape index (κ2) is 46.1. The fourth-order valence-corrected chi connectivity index (χ4v) is 13.9. The highest BCUT2D eigenvalue weighted by Crippen LogP contribution is 2.42. The van der Waals surface area contributed by atoms with Crippen LogP contribution in [0.1, 0.15) is 113 Å². The Morgan fingerprint density at radius 1 is 0.423 bits per heavy atom. The van der Waals surface area contributed by atoms with Crippen molar-refractivity contribution in [2.45, 2.75) is 111 Å². The summed E-state index contributed by atoms with van der Waals surface area (Å²) in [6, 6.07) is 41.8.